The number of pyridine rings is 1. The predicted octanol–water partition coefficient (Wildman–Crippen LogP) is 5.19. The van der Waals surface area contributed by atoms with Crippen molar-refractivity contribution in [3.8, 4) is 17.4 Å². The Kier molecular flexibility index (Phi) is 8.36. The van der Waals surface area contributed by atoms with E-state index in [1.165, 1.54) is 5.56 Å². The Balaban J connectivity index is 1.47. The molecular weight excluding hydrogens is 400 g/mol. The van der Waals surface area contributed by atoms with Gasteiger partial charge in [0.25, 0.3) is 0 Å². The summed E-state index contributed by atoms with van der Waals surface area (Å²) >= 11 is 6.48. The molecule has 0 aliphatic carbocycles. The standard InChI is InChI=1S/C24H27ClN2O3/c1-18-7-9-19(10-8-18)17-30-24-21(25)14-20(15-22(24)28-2)16-26-11-5-13-29-23-6-3-4-12-27-23/h3-4,6-10,12,14-15,26H,5,11,13,16-17H2,1-2H3. The fraction of sp³-hybridized carbons (Fsp3) is 0.292. The molecule has 0 unspecified atom stereocenters. The van der Waals surface area contributed by atoms with Gasteiger partial charge in [-0.25, -0.2) is 4.98 Å². The van der Waals surface area contributed by atoms with Gasteiger partial charge in [-0.05, 0) is 49.2 Å². The van der Waals surface area contributed by atoms with Crippen LogP contribution in [-0.4, -0.2) is 25.2 Å². The molecule has 0 saturated carbocycles. The van der Waals surface area contributed by atoms with E-state index in [2.05, 4.69) is 29.4 Å². The second kappa shape index (κ2) is 11.4. The molecule has 1 N–H and O–H groups in total. The number of hydrogen-bond donors (Lipinski definition) is 1. The van der Waals surface area contributed by atoms with Gasteiger partial charge in [-0.1, -0.05) is 47.5 Å². The third kappa shape index (κ3) is 6.65. The highest BCUT2D eigenvalue weighted by molar-refractivity contribution is 6.32. The van der Waals surface area contributed by atoms with Crippen molar-refractivity contribution >= 4 is 11.6 Å². The van der Waals surface area contributed by atoms with Gasteiger partial charge >= 0.3 is 0 Å². The Labute approximate surface area is 183 Å². The van der Waals surface area contributed by atoms with Gasteiger partial charge in [0.1, 0.15) is 6.61 Å². The zero-order valence-corrected chi connectivity index (χ0v) is 18.1. The van der Waals surface area contributed by atoms with Crippen LogP contribution >= 0.6 is 11.6 Å². The lowest BCUT2D eigenvalue weighted by molar-refractivity contribution is 0.284. The van der Waals surface area contributed by atoms with Crippen LogP contribution in [0.15, 0.2) is 60.8 Å². The second-order valence-corrected chi connectivity index (χ2v) is 7.34. The lowest BCUT2D eigenvalue weighted by atomic mass is 10.1. The van der Waals surface area contributed by atoms with Gasteiger partial charge < -0.3 is 19.5 Å². The maximum absolute atomic E-state index is 6.48. The zero-order chi connectivity index (χ0) is 21.2. The monoisotopic (exact) mass is 426 g/mol. The molecule has 0 atom stereocenters. The molecule has 0 fully saturated rings. The first-order chi connectivity index (χ1) is 14.7. The highest BCUT2D eigenvalue weighted by Gasteiger charge is 2.12. The lowest BCUT2D eigenvalue weighted by Gasteiger charge is -2.15. The number of methoxy groups -OCH3 is 1. The Bertz CT molecular complexity index is 918. The van der Waals surface area contributed by atoms with E-state index >= 15 is 0 Å². The summed E-state index contributed by atoms with van der Waals surface area (Å²) in [6, 6.07) is 17.7. The van der Waals surface area contributed by atoms with Gasteiger partial charge in [0, 0.05) is 18.8 Å². The molecule has 3 aromatic rings. The van der Waals surface area contributed by atoms with Gasteiger partial charge in [0.15, 0.2) is 11.5 Å². The Morgan fingerprint density at radius 2 is 1.83 bits per heavy atom. The summed E-state index contributed by atoms with van der Waals surface area (Å²) in [7, 11) is 1.62. The lowest BCUT2D eigenvalue weighted by Crippen LogP contribution is -2.17. The summed E-state index contributed by atoms with van der Waals surface area (Å²) in [5.41, 5.74) is 3.33. The molecule has 0 saturated heterocycles. The topological polar surface area (TPSA) is 52.6 Å². The summed E-state index contributed by atoms with van der Waals surface area (Å²) in [5, 5.41) is 3.93. The Morgan fingerprint density at radius 1 is 1.00 bits per heavy atom. The van der Waals surface area contributed by atoms with Crippen molar-refractivity contribution in [1.82, 2.24) is 10.3 Å². The van der Waals surface area contributed by atoms with Gasteiger partial charge in [-0.3, -0.25) is 0 Å². The SMILES string of the molecule is COc1cc(CNCCCOc2ccccn2)cc(Cl)c1OCc1ccc(C)cc1. The molecule has 30 heavy (non-hydrogen) atoms. The van der Waals surface area contributed by atoms with Crippen LogP contribution < -0.4 is 19.5 Å². The van der Waals surface area contributed by atoms with E-state index in [0.717, 1.165) is 24.1 Å². The van der Waals surface area contributed by atoms with Crippen LogP contribution in [0.4, 0.5) is 0 Å². The number of nitrogens with zero attached hydrogens (tertiary/aromatic N) is 1. The number of halogens is 1. The largest absolute Gasteiger partial charge is 0.493 e. The van der Waals surface area contributed by atoms with Crippen LogP contribution in [0, 0.1) is 6.92 Å². The number of rotatable bonds is 11. The molecule has 0 spiro atoms. The summed E-state index contributed by atoms with van der Waals surface area (Å²) in [6.07, 6.45) is 2.60. The number of hydrogen-bond acceptors (Lipinski definition) is 5. The fourth-order valence-electron chi connectivity index (χ4n) is 2.89. The van der Waals surface area contributed by atoms with E-state index in [4.69, 9.17) is 25.8 Å². The minimum absolute atomic E-state index is 0.435. The third-order valence-corrected chi connectivity index (χ3v) is 4.79. The van der Waals surface area contributed by atoms with Crippen molar-refractivity contribution in [2.24, 2.45) is 0 Å². The first kappa shape index (κ1) is 21.9. The molecular formula is C24H27ClN2O3. The first-order valence-electron chi connectivity index (χ1n) is 9.95. The van der Waals surface area contributed by atoms with E-state index in [1.807, 2.05) is 42.5 Å². The van der Waals surface area contributed by atoms with Crippen molar-refractivity contribution in [3.05, 3.63) is 82.5 Å². The zero-order valence-electron chi connectivity index (χ0n) is 17.4. The number of nitrogens with one attached hydrogen (secondary N) is 1. The van der Waals surface area contributed by atoms with Gasteiger partial charge in [-0.2, -0.15) is 0 Å². The molecule has 0 bridgehead atoms. The van der Waals surface area contributed by atoms with Crippen molar-refractivity contribution in [2.75, 3.05) is 20.3 Å². The van der Waals surface area contributed by atoms with Crippen molar-refractivity contribution in [2.45, 2.75) is 26.5 Å². The number of aryl methyl sites for hydroxylation is 1. The summed E-state index contributed by atoms with van der Waals surface area (Å²) in [5.74, 6) is 1.84. The van der Waals surface area contributed by atoms with E-state index in [1.54, 1.807) is 13.3 Å². The second-order valence-electron chi connectivity index (χ2n) is 6.93. The van der Waals surface area contributed by atoms with Gasteiger partial charge in [-0.15, -0.1) is 0 Å². The smallest absolute Gasteiger partial charge is 0.213 e. The molecule has 1 aromatic heterocycles. The molecule has 3 rings (SSSR count). The Hall–Kier alpha value is -2.76. The van der Waals surface area contributed by atoms with Crippen LogP contribution in [0.3, 0.4) is 0 Å². The number of ether oxygens (including phenoxy) is 3. The number of benzene rings is 2. The van der Waals surface area contributed by atoms with Crippen LogP contribution in [0.25, 0.3) is 0 Å². The predicted molar refractivity (Wildman–Crippen MR) is 120 cm³/mol. The van der Waals surface area contributed by atoms with Crippen LogP contribution in [0.5, 0.6) is 17.4 Å². The van der Waals surface area contributed by atoms with E-state index in [-0.39, 0.29) is 0 Å². The highest BCUT2D eigenvalue weighted by Crippen LogP contribution is 2.37. The van der Waals surface area contributed by atoms with Crippen molar-refractivity contribution in [1.29, 1.82) is 0 Å². The maximum Gasteiger partial charge on any atom is 0.213 e. The summed E-state index contributed by atoms with van der Waals surface area (Å²) in [6.45, 7) is 4.60. The van der Waals surface area contributed by atoms with Crippen LogP contribution in [-0.2, 0) is 13.2 Å². The molecule has 0 amide bonds. The van der Waals surface area contributed by atoms with E-state index in [9.17, 15) is 0 Å². The number of aromatic nitrogens is 1. The summed E-state index contributed by atoms with van der Waals surface area (Å²) < 4.78 is 17.0. The Morgan fingerprint density at radius 3 is 2.57 bits per heavy atom. The molecule has 6 heteroatoms. The average molecular weight is 427 g/mol. The summed E-state index contributed by atoms with van der Waals surface area (Å²) in [4.78, 5) is 4.14. The van der Waals surface area contributed by atoms with Gasteiger partial charge in [0.05, 0.1) is 18.7 Å². The molecule has 0 aliphatic rings. The van der Waals surface area contributed by atoms with Crippen LogP contribution in [0.2, 0.25) is 5.02 Å². The molecule has 0 radical (unpaired) electrons. The van der Waals surface area contributed by atoms with Gasteiger partial charge in [0.2, 0.25) is 5.88 Å². The fourth-order valence-corrected chi connectivity index (χ4v) is 3.18. The minimum atomic E-state index is 0.435. The maximum atomic E-state index is 6.48. The molecule has 2 aromatic carbocycles. The van der Waals surface area contributed by atoms with E-state index < -0.39 is 0 Å². The molecule has 0 aliphatic heterocycles. The molecule has 158 valence electrons. The normalized spacial score (nSPS) is 10.6. The van der Waals surface area contributed by atoms with Crippen LogP contribution in [0.1, 0.15) is 23.1 Å². The minimum Gasteiger partial charge on any atom is -0.493 e. The quantitative estimate of drug-likeness (QED) is 0.427. The average Bonchev–Trinajstić information content (AvgIpc) is 2.77. The molecule has 5 nitrogen and oxygen atoms in total. The third-order valence-electron chi connectivity index (χ3n) is 4.51. The highest BCUT2D eigenvalue weighted by atomic mass is 35.5. The van der Waals surface area contributed by atoms with Crippen molar-refractivity contribution < 1.29 is 14.2 Å². The van der Waals surface area contributed by atoms with Crippen molar-refractivity contribution in [3.63, 3.8) is 0 Å². The first-order valence-corrected chi connectivity index (χ1v) is 10.3. The van der Waals surface area contributed by atoms with E-state index in [0.29, 0.717) is 42.2 Å². The molecule has 1 heterocycles.